The van der Waals surface area contributed by atoms with E-state index in [4.69, 9.17) is 0 Å². The molecule has 0 saturated carbocycles. The summed E-state index contributed by atoms with van der Waals surface area (Å²) in [5.74, 6) is -0.630. The van der Waals surface area contributed by atoms with Crippen LogP contribution in [-0.4, -0.2) is 29.7 Å². The Hall–Kier alpha value is -0.380. The summed E-state index contributed by atoms with van der Waals surface area (Å²) in [7, 11) is -3.77. The third-order valence-corrected chi connectivity index (χ3v) is 3.50. The predicted octanol–water partition coefficient (Wildman–Crippen LogP) is 0.524. The van der Waals surface area contributed by atoms with Crippen LogP contribution in [0.3, 0.4) is 0 Å². The lowest BCUT2D eigenvalue weighted by Gasteiger charge is -2.13. The lowest BCUT2D eigenvalue weighted by molar-refractivity contribution is -0.137. The van der Waals surface area contributed by atoms with E-state index < -0.39 is 19.2 Å². The Morgan fingerprint density at radius 1 is 1.83 bits per heavy atom. The van der Waals surface area contributed by atoms with Crippen LogP contribution in [0.15, 0.2) is 0 Å². The van der Waals surface area contributed by atoms with Crippen LogP contribution in [-0.2, 0) is 18.6 Å². The highest BCUT2D eigenvalue weighted by atomic mass is 31.2. The third kappa shape index (κ3) is 1.86. The van der Waals surface area contributed by atoms with E-state index in [9.17, 15) is 14.3 Å². The molecule has 0 aliphatic carbocycles. The summed E-state index contributed by atoms with van der Waals surface area (Å²) in [6.45, 7) is 1.93. The van der Waals surface area contributed by atoms with Crippen LogP contribution in [0, 0.1) is 0 Å². The van der Waals surface area contributed by atoms with E-state index >= 15 is 0 Å². The molecule has 1 aliphatic rings. The maximum Gasteiger partial charge on any atom is 0.342 e. The summed E-state index contributed by atoms with van der Waals surface area (Å²) in [6.07, 6.45) is 0.270. The first-order valence-electron chi connectivity index (χ1n) is 3.71. The molecule has 2 unspecified atom stereocenters. The smallest absolute Gasteiger partial charge is 0.342 e. The van der Waals surface area contributed by atoms with Crippen LogP contribution < -0.4 is 0 Å². The number of hydrogen-bond donors (Lipinski definition) is 1. The Kier molecular flexibility index (Phi) is 2.88. The average Bonchev–Trinajstić information content (AvgIpc) is 2.35. The topological polar surface area (TPSA) is 72.8 Å². The van der Waals surface area contributed by atoms with Crippen molar-refractivity contribution in [1.82, 2.24) is 0 Å². The van der Waals surface area contributed by atoms with Crippen molar-refractivity contribution in [2.45, 2.75) is 19.0 Å². The van der Waals surface area contributed by atoms with Gasteiger partial charge in [0.25, 0.3) is 0 Å². The van der Waals surface area contributed by atoms with Gasteiger partial charge in [-0.05, 0) is 6.92 Å². The Balaban J connectivity index is 2.67. The number of cyclic esters (lactones) is 1. The van der Waals surface area contributed by atoms with Crippen LogP contribution in [0.4, 0.5) is 0 Å². The molecule has 1 heterocycles. The fourth-order valence-electron chi connectivity index (χ4n) is 1.06. The van der Waals surface area contributed by atoms with Gasteiger partial charge in [0, 0.05) is 6.42 Å². The molecule has 2 atom stereocenters. The fourth-order valence-corrected chi connectivity index (χ4v) is 2.38. The molecule has 1 rings (SSSR count). The normalized spacial score (nSPS) is 28.2. The lowest BCUT2D eigenvalue weighted by atomic mass is 10.4. The molecular weight excluding hydrogens is 183 g/mol. The molecular formula is C6H11O5P. The molecule has 0 bridgehead atoms. The molecule has 1 saturated heterocycles. The Labute approximate surface area is 70.2 Å². The first-order chi connectivity index (χ1) is 5.58. The summed E-state index contributed by atoms with van der Waals surface area (Å²) in [4.78, 5) is 20.1. The maximum absolute atomic E-state index is 11.3. The van der Waals surface area contributed by atoms with Crippen molar-refractivity contribution in [2.75, 3.05) is 13.2 Å². The Morgan fingerprint density at radius 3 is 2.92 bits per heavy atom. The molecule has 0 aromatic heterocycles. The second-order valence-corrected chi connectivity index (χ2v) is 4.46. The van der Waals surface area contributed by atoms with Crippen molar-refractivity contribution >= 4 is 13.6 Å². The van der Waals surface area contributed by atoms with E-state index in [2.05, 4.69) is 9.26 Å². The third-order valence-electron chi connectivity index (χ3n) is 1.62. The quantitative estimate of drug-likeness (QED) is 0.523. The van der Waals surface area contributed by atoms with Crippen molar-refractivity contribution in [3.05, 3.63) is 0 Å². The first kappa shape index (κ1) is 9.71. The summed E-state index contributed by atoms with van der Waals surface area (Å²) in [6, 6.07) is 0. The van der Waals surface area contributed by atoms with Gasteiger partial charge in [-0.1, -0.05) is 0 Å². The summed E-state index contributed by atoms with van der Waals surface area (Å²) >= 11 is 0. The number of esters is 1. The van der Waals surface area contributed by atoms with Gasteiger partial charge < -0.3 is 14.2 Å². The highest BCUT2D eigenvalue weighted by Gasteiger charge is 2.42. The van der Waals surface area contributed by atoms with Gasteiger partial charge in [0.15, 0.2) is 5.66 Å². The number of carbonyl (C=O) groups excluding carboxylic acids is 1. The minimum Gasteiger partial charge on any atom is -0.465 e. The fraction of sp³-hybridized carbons (Fsp3) is 0.833. The molecule has 0 radical (unpaired) electrons. The number of rotatable bonds is 3. The molecule has 0 aromatic carbocycles. The number of carbonyl (C=O) groups is 1. The van der Waals surface area contributed by atoms with Gasteiger partial charge in [-0.3, -0.25) is 9.36 Å². The van der Waals surface area contributed by atoms with Crippen LogP contribution in [0.1, 0.15) is 13.3 Å². The van der Waals surface area contributed by atoms with Gasteiger partial charge in [0.1, 0.15) is 0 Å². The number of ether oxygens (including phenoxy) is 1. The summed E-state index contributed by atoms with van der Waals surface area (Å²) in [5.41, 5.74) is -0.975. The molecule has 0 aromatic rings. The highest BCUT2D eigenvalue weighted by molar-refractivity contribution is 7.54. The number of hydrogen-bond acceptors (Lipinski definition) is 4. The molecule has 5 nitrogen and oxygen atoms in total. The highest BCUT2D eigenvalue weighted by Crippen LogP contribution is 2.50. The zero-order chi connectivity index (χ0) is 9.19. The molecule has 1 aliphatic heterocycles. The monoisotopic (exact) mass is 194 g/mol. The van der Waals surface area contributed by atoms with Gasteiger partial charge >= 0.3 is 13.6 Å². The Bertz CT molecular complexity index is 226. The largest absolute Gasteiger partial charge is 0.465 e. The maximum atomic E-state index is 11.3. The summed E-state index contributed by atoms with van der Waals surface area (Å²) < 4.78 is 20.4. The standard InChI is InChI=1S/C6H11O5P/c1-2-11-12(8,9)5-3-4-10-6(5)7/h5H,2-4H2,1H3,(H,8,9). The van der Waals surface area contributed by atoms with E-state index in [1.807, 2.05) is 0 Å². The minimum atomic E-state index is -3.77. The van der Waals surface area contributed by atoms with E-state index in [0.29, 0.717) is 0 Å². The van der Waals surface area contributed by atoms with E-state index in [1.165, 1.54) is 0 Å². The summed E-state index contributed by atoms with van der Waals surface area (Å²) in [5, 5.41) is 0. The predicted molar refractivity (Wildman–Crippen MR) is 40.8 cm³/mol. The first-order valence-corrected chi connectivity index (χ1v) is 5.36. The van der Waals surface area contributed by atoms with Gasteiger partial charge in [-0.25, -0.2) is 0 Å². The van der Waals surface area contributed by atoms with Gasteiger partial charge in [0.05, 0.1) is 13.2 Å². The zero-order valence-corrected chi connectivity index (χ0v) is 7.62. The van der Waals surface area contributed by atoms with Crippen molar-refractivity contribution < 1.29 is 23.5 Å². The van der Waals surface area contributed by atoms with Crippen LogP contribution in [0.25, 0.3) is 0 Å². The molecule has 1 N–H and O–H groups in total. The van der Waals surface area contributed by atoms with E-state index in [0.717, 1.165) is 0 Å². The van der Waals surface area contributed by atoms with E-state index in [1.54, 1.807) is 6.92 Å². The van der Waals surface area contributed by atoms with Crippen molar-refractivity contribution in [2.24, 2.45) is 0 Å². The molecule has 12 heavy (non-hydrogen) atoms. The van der Waals surface area contributed by atoms with Crippen LogP contribution in [0.2, 0.25) is 0 Å². The molecule has 0 amide bonds. The van der Waals surface area contributed by atoms with Crippen molar-refractivity contribution in [3.8, 4) is 0 Å². The lowest BCUT2D eigenvalue weighted by Crippen LogP contribution is -2.16. The minimum absolute atomic E-state index is 0.123. The molecule has 70 valence electrons. The van der Waals surface area contributed by atoms with Crippen molar-refractivity contribution in [1.29, 1.82) is 0 Å². The second-order valence-electron chi connectivity index (χ2n) is 2.45. The SMILES string of the molecule is CCOP(=O)(O)C1CCOC1=O. The molecule has 1 fully saturated rings. The van der Waals surface area contributed by atoms with E-state index in [-0.39, 0.29) is 19.6 Å². The zero-order valence-electron chi connectivity index (χ0n) is 6.73. The van der Waals surface area contributed by atoms with Crippen LogP contribution >= 0.6 is 7.60 Å². The molecule has 0 spiro atoms. The van der Waals surface area contributed by atoms with Gasteiger partial charge in [-0.2, -0.15) is 0 Å². The van der Waals surface area contributed by atoms with Crippen molar-refractivity contribution in [3.63, 3.8) is 0 Å². The molecule has 6 heteroatoms. The second kappa shape index (κ2) is 3.56. The van der Waals surface area contributed by atoms with Gasteiger partial charge in [0.2, 0.25) is 0 Å². The van der Waals surface area contributed by atoms with Crippen LogP contribution in [0.5, 0.6) is 0 Å². The Morgan fingerprint density at radius 2 is 2.50 bits per heavy atom. The van der Waals surface area contributed by atoms with Gasteiger partial charge in [-0.15, -0.1) is 0 Å². The average molecular weight is 194 g/mol.